The largest absolute Gasteiger partial charge is 0.326 e. The van der Waals surface area contributed by atoms with Crippen LogP contribution in [-0.4, -0.2) is 38.6 Å². The van der Waals surface area contributed by atoms with Gasteiger partial charge < -0.3 is 10.2 Å². The molecule has 0 bridgehead atoms. The van der Waals surface area contributed by atoms with Gasteiger partial charge >= 0.3 is 0 Å². The summed E-state index contributed by atoms with van der Waals surface area (Å²) >= 11 is 6.22. The predicted molar refractivity (Wildman–Crippen MR) is 112 cm³/mol. The summed E-state index contributed by atoms with van der Waals surface area (Å²) in [7, 11) is 0. The Morgan fingerprint density at radius 3 is 2.77 bits per heavy atom. The van der Waals surface area contributed by atoms with Crippen LogP contribution < -0.4 is 10.2 Å². The molecule has 0 spiro atoms. The number of tetrazole rings is 1. The summed E-state index contributed by atoms with van der Waals surface area (Å²) < 4.78 is 1.83. The summed E-state index contributed by atoms with van der Waals surface area (Å²) in [4.78, 5) is 26.9. The molecular weight excluding hydrogens is 404 g/mol. The van der Waals surface area contributed by atoms with Gasteiger partial charge in [-0.05, 0) is 47.5 Å². The van der Waals surface area contributed by atoms with Crippen molar-refractivity contribution in [3.8, 4) is 11.4 Å². The zero-order chi connectivity index (χ0) is 20.7. The summed E-state index contributed by atoms with van der Waals surface area (Å²) in [6, 6.07) is 14.9. The van der Waals surface area contributed by atoms with Gasteiger partial charge in [0, 0.05) is 24.2 Å². The standard InChI is InChI=1S/C21H19ClN6O2/c22-17-6-1-2-7-18(17)27-12-14(11-19(27)29)21(30)23-15-5-3-4-13(10-15)20-24-25-26-28(20)16-8-9-16/h1-7,10,14,16H,8-9,11-12H2,(H,23,30). The van der Waals surface area contributed by atoms with Gasteiger partial charge in [-0.2, -0.15) is 0 Å². The monoisotopic (exact) mass is 422 g/mol. The zero-order valence-corrected chi connectivity index (χ0v) is 16.8. The summed E-state index contributed by atoms with van der Waals surface area (Å²) in [5.41, 5.74) is 2.12. The number of hydrogen-bond acceptors (Lipinski definition) is 5. The van der Waals surface area contributed by atoms with Crippen LogP contribution in [0.1, 0.15) is 25.3 Å². The maximum absolute atomic E-state index is 12.8. The summed E-state index contributed by atoms with van der Waals surface area (Å²) in [6.45, 7) is 0.300. The number of aromatic nitrogens is 4. The molecule has 2 heterocycles. The van der Waals surface area contributed by atoms with E-state index in [1.54, 1.807) is 17.0 Å². The Bertz CT molecular complexity index is 1130. The van der Waals surface area contributed by atoms with Crippen molar-refractivity contribution in [1.29, 1.82) is 0 Å². The van der Waals surface area contributed by atoms with Gasteiger partial charge in [-0.1, -0.05) is 35.9 Å². The Kier molecular flexibility index (Phi) is 4.71. The fraction of sp³-hybridized carbons (Fsp3) is 0.286. The number of nitrogens with one attached hydrogen (secondary N) is 1. The first kappa shape index (κ1) is 18.7. The van der Waals surface area contributed by atoms with Gasteiger partial charge in [-0.25, -0.2) is 4.68 Å². The van der Waals surface area contributed by atoms with Gasteiger partial charge in [0.05, 0.1) is 22.7 Å². The van der Waals surface area contributed by atoms with E-state index in [9.17, 15) is 9.59 Å². The van der Waals surface area contributed by atoms with Gasteiger partial charge in [0.1, 0.15) is 0 Å². The lowest BCUT2D eigenvalue weighted by Crippen LogP contribution is -2.28. The van der Waals surface area contributed by atoms with E-state index in [0.717, 1.165) is 18.4 Å². The smallest absolute Gasteiger partial charge is 0.229 e. The molecule has 2 fully saturated rings. The number of anilines is 2. The Morgan fingerprint density at radius 1 is 1.13 bits per heavy atom. The maximum Gasteiger partial charge on any atom is 0.229 e. The first-order chi connectivity index (χ1) is 14.6. The molecule has 1 saturated heterocycles. The maximum atomic E-state index is 12.8. The van der Waals surface area contributed by atoms with Gasteiger partial charge in [-0.3, -0.25) is 9.59 Å². The number of nitrogens with zero attached hydrogens (tertiary/aromatic N) is 5. The fourth-order valence-corrected chi connectivity index (χ4v) is 3.95. The van der Waals surface area contributed by atoms with Crippen LogP contribution in [0.4, 0.5) is 11.4 Å². The molecule has 2 aromatic carbocycles. The van der Waals surface area contributed by atoms with E-state index < -0.39 is 5.92 Å². The number of para-hydroxylation sites is 1. The number of carbonyl (C=O) groups excluding carboxylic acids is 2. The molecule has 1 unspecified atom stereocenters. The highest BCUT2D eigenvalue weighted by molar-refractivity contribution is 6.33. The molecule has 1 aliphatic carbocycles. The van der Waals surface area contributed by atoms with Crippen molar-refractivity contribution < 1.29 is 9.59 Å². The second kappa shape index (κ2) is 7.53. The van der Waals surface area contributed by atoms with E-state index in [4.69, 9.17) is 11.6 Å². The van der Waals surface area contributed by atoms with E-state index in [0.29, 0.717) is 34.8 Å². The molecule has 8 nitrogen and oxygen atoms in total. The lowest BCUT2D eigenvalue weighted by atomic mass is 10.1. The van der Waals surface area contributed by atoms with Crippen molar-refractivity contribution in [2.75, 3.05) is 16.8 Å². The number of benzene rings is 2. The van der Waals surface area contributed by atoms with Gasteiger partial charge in [0.25, 0.3) is 0 Å². The molecule has 1 atom stereocenters. The number of halogens is 1. The van der Waals surface area contributed by atoms with Crippen molar-refractivity contribution in [1.82, 2.24) is 20.2 Å². The minimum absolute atomic E-state index is 0.111. The second-order valence-corrected chi connectivity index (χ2v) is 8.01. The molecule has 1 aromatic heterocycles. The van der Waals surface area contributed by atoms with Crippen LogP contribution in [0.3, 0.4) is 0 Å². The predicted octanol–water partition coefficient (Wildman–Crippen LogP) is 3.32. The van der Waals surface area contributed by atoms with E-state index in [2.05, 4.69) is 20.8 Å². The normalized spacial score (nSPS) is 18.6. The highest BCUT2D eigenvalue weighted by Gasteiger charge is 2.36. The minimum atomic E-state index is -0.450. The van der Waals surface area contributed by atoms with E-state index >= 15 is 0 Å². The molecule has 0 radical (unpaired) electrons. The van der Waals surface area contributed by atoms with E-state index in [1.165, 1.54) is 0 Å². The van der Waals surface area contributed by atoms with Crippen LogP contribution in [0.5, 0.6) is 0 Å². The SMILES string of the molecule is O=C(Nc1cccc(-c2nnnn2C2CC2)c1)C1CC(=O)N(c2ccccc2Cl)C1. The molecule has 2 amide bonds. The van der Waals surface area contributed by atoms with Gasteiger partial charge in [0.15, 0.2) is 5.82 Å². The van der Waals surface area contributed by atoms with Gasteiger partial charge in [0.2, 0.25) is 11.8 Å². The quantitative estimate of drug-likeness (QED) is 0.680. The van der Waals surface area contributed by atoms with E-state index in [-0.39, 0.29) is 18.2 Å². The molecule has 1 N–H and O–H groups in total. The van der Waals surface area contributed by atoms with Crippen LogP contribution in [-0.2, 0) is 9.59 Å². The Balaban J connectivity index is 1.31. The minimum Gasteiger partial charge on any atom is -0.326 e. The lowest BCUT2D eigenvalue weighted by Gasteiger charge is -2.18. The summed E-state index contributed by atoms with van der Waals surface area (Å²) in [5.74, 6) is -0.0683. The molecule has 1 saturated carbocycles. The fourth-order valence-electron chi connectivity index (χ4n) is 3.72. The first-order valence-corrected chi connectivity index (χ1v) is 10.2. The summed E-state index contributed by atoms with van der Waals surface area (Å²) in [6.07, 6.45) is 2.30. The number of rotatable bonds is 5. The second-order valence-electron chi connectivity index (χ2n) is 7.61. The molecule has 2 aliphatic rings. The average molecular weight is 423 g/mol. The zero-order valence-electron chi connectivity index (χ0n) is 16.0. The molecule has 3 aromatic rings. The molecule has 9 heteroatoms. The van der Waals surface area contributed by atoms with Crippen LogP contribution in [0.15, 0.2) is 48.5 Å². The third kappa shape index (κ3) is 3.54. The van der Waals surface area contributed by atoms with Crippen molar-refractivity contribution in [2.45, 2.75) is 25.3 Å². The topological polar surface area (TPSA) is 93.0 Å². The number of carbonyl (C=O) groups is 2. The molecule has 5 rings (SSSR count). The van der Waals surface area contributed by atoms with Crippen LogP contribution in [0.2, 0.25) is 5.02 Å². The van der Waals surface area contributed by atoms with Crippen LogP contribution in [0, 0.1) is 5.92 Å². The molecule has 152 valence electrons. The third-order valence-corrected chi connectivity index (χ3v) is 5.73. The number of amides is 2. The Labute approximate surface area is 177 Å². The van der Waals surface area contributed by atoms with E-state index in [1.807, 2.05) is 41.1 Å². The Morgan fingerprint density at radius 2 is 1.97 bits per heavy atom. The lowest BCUT2D eigenvalue weighted by molar-refractivity contribution is -0.122. The van der Waals surface area contributed by atoms with Crippen molar-refractivity contribution in [3.05, 3.63) is 53.6 Å². The summed E-state index contributed by atoms with van der Waals surface area (Å²) in [5, 5.41) is 15.4. The first-order valence-electron chi connectivity index (χ1n) is 9.84. The molecule has 30 heavy (non-hydrogen) atoms. The molecular formula is C21H19ClN6O2. The average Bonchev–Trinajstić information content (AvgIpc) is 3.34. The van der Waals surface area contributed by atoms with Crippen molar-refractivity contribution in [2.24, 2.45) is 5.92 Å². The van der Waals surface area contributed by atoms with Crippen LogP contribution >= 0.6 is 11.6 Å². The van der Waals surface area contributed by atoms with Gasteiger partial charge in [-0.15, -0.1) is 5.10 Å². The Hall–Kier alpha value is -3.26. The highest BCUT2D eigenvalue weighted by atomic mass is 35.5. The van der Waals surface area contributed by atoms with Crippen LogP contribution in [0.25, 0.3) is 11.4 Å². The number of hydrogen-bond donors (Lipinski definition) is 1. The molecule has 1 aliphatic heterocycles. The van der Waals surface area contributed by atoms with Crippen molar-refractivity contribution >= 4 is 34.8 Å². The van der Waals surface area contributed by atoms with Crippen molar-refractivity contribution in [3.63, 3.8) is 0 Å². The highest BCUT2D eigenvalue weighted by Crippen LogP contribution is 2.37. The third-order valence-electron chi connectivity index (χ3n) is 5.41.